The van der Waals surface area contributed by atoms with E-state index in [1.807, 2.05) is 0 Å². The molecular weight excluding hydrogens is 346 g/mol. The van der Waals surface area contributed by atoms with E-state index in [9.17, 15) is 19.7 Å². The van der Waals surface area contributed by atoms with Gasteiger partial charge in [0.2, 0.25) is 0 Å². The number of rotatable bonds is 5. The summed E-state index contributed by atoms with van der Waals surface area (Å²) >= 11 is 3.10. The van der Waals surface area contributed by atoms with Gasteiger partial charge in [0.15, 0.2) is 0 Å². The van der Waals surface area contributed by atoms with Gasteiger partial charge in [-0.1, -0.05) is 13.8 Å². The molecule has 8 nitrogen and oxygen atoms in total. The number of urea groups is 1. The molecule has 0 bridgehead atoms. The second-order valence-electron chi connectivity index (χ2n) is 4.58. The van der Waals surface area contributed by atoms with Crippen molar-refractivity contribution >= 4 is 39.3 Å². The van der Waals surface area contributed by atoms with Gasteiger partial charge in [-0.2, -0.15) is 0 Å². The van der Waals surface area contributed by atoms with Gasteiger partial charge >= 0.3 is 12.0 Å². The molecule has 21 heavy (non-hydrogen) atoms. The molecular formula is C12H14BrN3O5. The molecule has 3 N–H and O–H groups in total. The minimum absolute atomic E-state index is 0.126. The van der Waals surface area contributed by atoms with E-state index in [1.54, 1.807) is 13.8 Å². The summed E-state index contributed by atoms with van der Waals surface area (Å²) in [6.45, 7) is 3.34. The second kappa shape index (κ2) is 7.02. The number of nitro benzene ring substituents is 1. The summed E-state index contributed by atoms with van der Waals surface area (Å²) in [6, 6.07) is 2.10. The molecule has 0 saturated heterocycles. The van der Waals surface area contributed by atoms with Gasteiger partial charge in [-0.25, -0.2) is 9.59 Å². The van der Waals surface area contributed by atoms with Crippen molar-refractivity contribution in [1.29, 1.82) is 0 Å². The fourth-order valence-corrected chi connectivity index (χ4v) is 2.00. The van der Waals surface area contributed by atoms with E-state index in [1.165, 1.54) is 18.2 Å². The molecule has 0 aliphatic rings. The number of hydrogen-bond donors (Lipinski definition) is 3. The van der Waals surface area contributed by atoms with Crippen LogP contribution in [-0.2, 0) is 4.79 Å². The molecule has 0 aliphatic carbocycles. The fraction of sp³-hybridized carbons (Fsp3) is 0.333. The molecule has 9 heteroatoms. The van der Waals surface area contributed by atoms with Gasteiger partial charge in [-0.15, -0.1) is 0 Å². The molecule has 0 aromatic heterocycles. The van der Waals surface area contributed by atoms with Gasteiger partial charge in [-0.05, 0) is 27.9 Å². The van der Waals surface area contributed by atoms with Crippen LogP contribution in [0.15, 0.2) is 22.7 Å². The molecule has 0 unspecified atom stereocenters. The first kappa shape index (κ1) is 16.9. The maximum atomic E-state index is 11.8. The Morgan fingerprint density at radius 1 is 1.38 bits per heavy atom. The molecule has 0 saturated carbocycles. The number of carboxylic acids is 1. The number of amides is 2. The molecule has 1 aromatic rings. The van der Waals surface area contributed by atoms with Crippen LogP contribution in [0.1, 0.15) is 13.8 Å². The summed E-state index contributed by atoms with van der Waals surface area (Å²) in [7, 11) is 0. The van der Waals surface area contributed by atoms with Crippen molar-refractivity contribution in [2.45, 2.75) is 19.9 Å². The van der Waals surface area contributed by atoms with E-state index in [0.717, 1.165) is 0 Å². The number of non-ortho nitro benzene ring substituents is 1. The summed E-state index contributed by atoms with van der Waals surface area (Å²) in [6.07, 6.45) is 0. The predicted octanol–water partition coefficient (Wildman–Crippen LogP) is 2.59. The molecule has 0 heterocycles. The van der Waals surface area contributed by atoms with Crippen LogP contribution < -0.4 is 10.6 Å². The van der Waals surface area contributed by atoms with Gasteiger partial charge < -0.3 is 15.7 Å². The molecule has 0 aliphatic heterocycles. The Hall–Kier alpha value is -2.16. The van der Waals surface area contributed by atoms with Gasteiger partial charge in [0, 0.05) is 16.6 Å². The zero-order valence-corrected chi connectivity index (χ0v) is 12.9. The number of nitrogens with one attached hydrogen (secondary N) is 2. The van der Waals surface area contributed by atoms with Crippen molar-refractivity contribution in [3.8, 4) is 0 Å². The average Bonchev–Trinajstić information content (AvgIpc) is 2.37. The molecule has 1 rings (SSSR count). The van der Waals surface area contributed by atoms with E-state index in [0.29, 0.717) is 10.2 Å². The maximum absolute atomic E-state index is 11.8. The lowest BCUT2D eigenvalue weighted by molar-refractivity contribution is -0.384. The van der Waals surface area contributed by atoms with Crippen LogP contribution in [0.25, 0.3) is 0 Å². The highest BCUT2D eigenvalue weighted by Gasteiger charge is 2.23. The Labute approximate surface area is 128 Å². The summed E-state index contributed by atoms with van der Waals surface area (Å²) in [5, 5.41) is 24.3. The predicted molar refractivity (Wildman–Crippen MR) is 79.2 cm³/mol. The third-order valence-corrected chi connectivity index (χ3v) is 3.29. The Balaban J connectivity index is 2.79. The van der Waals surface area contributed by atoms with Gasteiger partial charge in [0.25, 0.3) is 5.69 Å². The zero-order chi connectivity index (χ0) is 16.2. The number of carboxylic acid groups (broad SMARTS) is 1. The SMILES string of the molecule is CC(C)[C@H](NC(=O)Nc1ccc([N+](=O)[O-])cc1Br)C(=O)O. The third-order valence-electron chi connectivity index (χ3n) is 2.63. The lowest BCUT2D eigenvalue weighted by Crippen LogP contribution is -2.46. The molecule has 0 spiro atoms. The van der Waals surface area contributed by atoms with Crippen LogP contribution in [0.3, 0.4) is 0 Å². The highest BCUT2D eigenvalue weighted by atomic mass is 79.9. The number of aliphatic carboxylic acids is 1. The number of nitro groups is 1. The number of carbonyl (C=O) groups is 2. The Kier molecular flexibility index (Phi) is 5.65. The van der Waals surface area contributed by atoms with E-state index >= 15 is 0 Å². The normalized spacial score (nSPS) is 11.8. The fourth-order valence-electron chi connectivity index (χ4n) is 1.53. The van der Waals surface area contributed by atoms with E-state index in [4.69, 9.17) is 5.11 Å². The third kappa shape index (κ3) is 4.71. The average molecular weight is 360 g/mol. The Morgan fingerprint density at radius 2 is 2.00 bits per heavy atom. The van der Waals surface area contributed by atoms with Gasteiger partial charge in [0.1, 0.15) is 6.04 Å². The topological polar surface area (TPSA) is 122 Å². The lowest BCUT2D eigenvalue weighted by atomic mass is 10.1. The van der Waals surface area contributed by atoms with Crippen LogP contribution >= 0.6 is 15.9 Å². The number of hydrogen-bond acceptors (Lipinski definition) is 4. The van der Waals surface area contributed by atoms with Gasteiger partial charge in [0.05, 0.1) is 10.6 Å². The molecule has 114 valence electrons. The smallest absolute Gasteiger partial charge is 0.326 e. The second-order valence-corrected chi connectivity index (χ2v) is 5.43. The number of benzene rings is 1. The Morgan fingerprint density at radius 3 is 2.43 bits per heavy atom. The van der Waals surface area contributed by atoms with Crippen molar-refractivity contribution in [2.75, 3.05) is 5.32 Å². The molecule has 0 radical (unpaired) electrons. The first-order valence-corrected chi connectivity index (χ1v) is 6.76. The van der Waals surface area contributed by atoms with Crippen molar-refractivity contribution in [2.24, 2.45) is 5.92 Å². The Bertz CT molecular complexity index is 576. The van der Waals surface area contributed by atoms with E-state index in [2.05, 4.69) is 26.6 Å². The van der Waals surface area contributed by atoms with Crippen LogP contribution in [0, 0.1) is 16.0 Å². The highest BCUT2D eigenvalue weighted by molar-refractivity contribution is 9.10. The lowest BCUT2D eigenvalue weighted by Gasteiger charge is -2.18. The van der Waals surface area contributed by atoms with Crippen molar-refractivity contribution < 1.29 is 19.6 Å². The quantitative estimate of drug-likeness (QED) is 0.550. The standard InChI is InChI=1S/C12H14BrN3O5/c1-6(2)10(11(17)18)15-12(19)14-9-4-3-7(16(20)21)5-8(9)13/h3-6,10H,1-2H3,(H,17,18)(H2,14,15,19)/t10-/m0/s1. The largest absolute Gasteiger partial charge is 0.480 e. The highest BCUT2D eigenvalue weighted by Crippen LogP contribution is 2.27. The van der Waals surface area contributed by atoms with Crippen molar-refractivity contribution in [1.82, 2.24) is 5.32 Å². The summed E-state index contributed by atoms with van der Waals surface area (Å²) in [4.78, 5) is 32.8. The van der Waals surface area contributed by atoms with E-state index in [-0.39, 0.29) is 11.6 Å². The number of nitrogens with zero attached hydrogens (tertiary/aromatic N) is 1. The van der Waals surface area contributed by atoms with Crippen molar-refractivity contribution in [3.05, 3.63) is 32.8 Å². The zero-order valence-electron chi connectivity index (χ0n) is 11.3. The molecule has 2 amide bonds. The summed E-state index contributed by atoms with van der Waals surface area (Å²) < 4.78 is 0.322. The maximum Gasteiger partial charge on any atom is 0.326 e. The first-order valence-electron chi connectivity index (χ1n) is 5.96. The number of carbonyl (C=O) groups excluding carboxylic acids is 1. The van der Waals surface area contributed by atoms with Crippen LogP contribution in [0.5, 0.6) is 0 Å². The summed E-state index contributed by atoms with van der Waals surface area (Å²) in [5.74, 6) is -1.42. The van der Waals surface area contributed by atoms with Gasteiger partial charge in [-0.3, -0.25) is 10.1 Å². The molecule has 0 fully saturated rings. The minimum Gasteiger partial charge on any atom is -0.480 e. The monoisotopic (exact) mass is 359 g/mol. The summed E-state index contributed by atoms with van der Waals surface area (Å²) in [5.41, 5.74) is 0.171. The van der Waals surface area contributed by atoms with Crippen LogP contribution in [-0.4, -0.2) is 28.1 Å². The van der Waals surface area contributed by atoms with Crippen molar-refractivity contribution in [3.63, 3.8) is 0 Å². The molecule has 1 aromatic carbocycles. The van der Waals surface area contributed by atoms with Crippen LogP contribution in [0.2, 0.25) is 0 Å². The first-order chi connectivity index (χ1) is 9.72. The van der Waals surface area contributed by atoms with E-state index < -0.39 is 23.0 Å². The minimum atomic E-state index is -1.14. The number of halogens is 1. The van der Waals surface area contributed by atoms with Crippen LogP contribution in [0.4, 0.5) is 16.2 Å². The number of anilines is 1. The molecule has 1 atom stereocenters.